The first-order valence-electron chi connectivity index (χ1n) is 10.3. The zero-order valence-electron chi connectivity index (χ0n) is 18.5. The van der Waals surface area contributed by atoms with Gasteiger partial charge in [0.25, 0.3) is 5.91 Å². The Balaban J connectivity index is 1.64. The molecule has 0 saturated carbocycles. The Kier molecular flexibility index (Phi) is 8.09. The Hall–Kier alpha value is -2.65. The van der Waals surface area contributed by atoms with Crippen molar-refractivity contribution in [2.45, 2.75) is 45.4 Å². The number of halogens is 1. The van der Waals surface area contributed by atoms with Crippen molar-refractivity contribution in [3.63, 3.8) is 0 Å². The number of carbonyl (C=O) groups excluding carboxylic acids is 2. The van der Waals surface area contributed by atoms with E-state index < -0.39 is 0 Å². The van der Waals surface area contributed by atoms with Gasteiger partial charge in [0, 0.05) is 22.3 Å². The number of benzene rings is 2. The van der Waals surface area contributed by atoms with Crippen LogP contribution in [0.3, 0.4) is 0 Å². The van der Waals surface area contributed by atoms with E-state index in [1.807, 2.05) is 62.6 Å². The minimum Gasteiger partial charge on any atom is -0.342 e. The SMILES string of the molecule is CCn1c(SCC(=O)Nc2c(C)cc(Br)cc2C)nnc1[C@@H](C)NC(=O)c1ccccc1. The fourth-order valence-electron chi connectivity index (χ4n) is 3.37. The largest absolute Gasteiger partial charge is 0.342 e. The van der Waals surface area contributed by atoms with E-state index in [4.69, 9.17) is 0 Å². The topological polar surface area (TPSA) is 88.9 Å². The molecule has 3 rings (SSSR count). The van der Waals surface area contributed by atoms with Crippen LogP contribution in [0.2, 0.25) is 0 Å². The van der Waals surface area contributed by atoms with Crippen molar-refractivity contribution in [2.24, 2.45) is 0 Å². The van der Waals surface area contributed by atoms with Gasteiger partial charge >= 0.3 is 0 Å². The fraction of sp³-hybridized carbons (Fsp3) is 0.304. The van der Waals surface area contributed by atoms with Crippen molar-refractivity contribution in [3.05, 3.63) is 69.5 Å². The summed E-state index contributed by atoms with van der Waals surface area (Å²) in [6.45, 7) is 8.41. The van der Waals surface area contributed by atoms with Crippen LogP contribution in [0.4, 0.5) is 5.69 Å². The smallest absolute Gasteiger partial charge is 0.251 e. The first-order valence-corrected chi connectivity index (χ1v) is 12.1. The molecule has 0 spiro atoms. The maximum atomic E-state index is 12.6. The molecule has 0 radical (unpaired) electrons. The van der Waals surface area contributed by atoms with Gasteiger partial charge in [-0.15, -0.1) is 10.2 Å². The summed E-state index contributed by atoms with van der Waals surface area (Å²) in [7, 11) is 0. The van der Waals surface area contributed by atoms with Crippen molar-refractivity contribution in [3.8, 4) is 0 Å². The molecule has 1 aromatic heterocycles. The second-order valence-electron chi connectivity index (χ2n) is 7.40. The van der Waals surface area contributed by atoms with Crippen molar-refractivity contribution in [1.82, 2.24) is 20.1 Å². The summed E-state index contributed by atoms with van der Waals surface area (Å²) >= 11 is 4.79. The Morgan fingerprint density at radius 1 is 1.12 bits per heavy atom. The van der Waals surface area contributed by atoms with E-state index in [0.29, 0.717) is 23.1 Å². The van der Waals surface area contributed by atoms with Gasteiger partial charge in [-0.25, -0.2) is 0 Å². The summed E-state index contributed by atoms with van der Waals surface area (Å²) in [5, 5.41) is 15.1. The number of thioether (sulfide) groups is 1. The molecule has 2 amide bonds. The van der Waals surface area contributed by atoms with E-state index in [9.17, 15) is 9.59 Å². The lowest BCUT2D eigenvalue weighted by molar-refractivity contribution is -0.113. The van der Waals surface area contributed by atoms with Gasteiger partial charge in [-0.05, 0) is 63.1 Å². The first kappa shape index (κ1) is 24.0. The van der Waals surface area contributed by atoms with Gasteiger partial charge in [0.05, 0.1) is 11.8 Å². The van der Waals surface area contributed by atoms with Gasteiger partial charge in [-0.3, -0.25) is 9.59 Å². The van der Waals surface area contributed by atoms with E-state index in [0.717, 1.165) is 21.3 Å². The van der Waals surface area contributed by atoms with Crippen LogP contribution in [-0.4, -0.2) is 32.3 Å². The van der Waals surface area contributed by atoms with Crippen LogP contribution in [-0.2, 0) is 11.3 Å². The van der Waals surface area contributed by atoms with Gasteiger partial charge in [0.2, 0.25) is 5.91 Å². The molecule has 0 aliphatic rings. The second kappa shape index (κ2) is 10.8. The second-order valence-corrected chi connectivity index (χ2v) is 9.26. The van der Waals surface area contributed by atoms with E-state index in [1.54, 1.807) is 12.1 Å². The summed E-state index contributed by atoms with van der Waals surface area (Å²) in [6, 6.07) is 12.7. The Labute approximate surface area is 200 Å². The molecule has 0 saturated heterocycles. The predicted octanol–water partition coefficient (Wildman–Crippen LogP) is 4.90. The van der Waals surface area contributed by atoms with E-state index in [1.165, 1.54) is 11.8 Å². The molecule has 0 aliphatic heterocycles. The van der Waals surface area contributed by atoms with Crippen molar-refractivity contribution < 1.29 is 9.59 Å². The van der Waals surface area contributed by atoms with E-state index in [-0.39, 0.29) is 23.6 Å². The number of aromatic nitrogens is 3. The Morgan fingerprint density at radius 2 is 1.78 bits per heavy atom. The average molecular weight is 516 g/mol. The summed E-state index contributed by atoms with van der Waals surface area (Å²) in [6.07, 6.45) is 0. The lowest BCUT2D eigenvalue weighted by atomic mass is 10.1. The Bertz CT molecular complexity index is 1090. The average Bonchev–Trinajstić information content (AvgIpc) is 3.18. The summed E-state index contributed by atoms with van der Waals surface area (Å²) in [5.41, 5.74) is 3.41. The third kappa shape index (κ3) is 5.77. The highest BCUT2D eigenvalue weighted by molar-refractivity contribution is 9.10. The molecule has 0 aliphatic carbocycles. The van der Waals surface area contributed by atoms with Crippen molar-refractivity contribution in [2.75, 3.05) is 11.1 Å². The third-order valence-electron chi connectivity index (χ3n) is 4.93. The first-order chi connectivity index (χ1) is 15.3. The fourth-order valence-corrected chi connectivity index (χ4v) is 4.87. The Morgan fingerprint density at radius 3 is 2.41 bits per heavy atom. The number of nitrogens with one attached hydrogen (secondary N) is 2. The van der Waals surface area contributed by atoms with Gasteiger partial charge in [-0.2, -0.15) is 0 Å². The highest BCUT2D eigenvalue weighted by atomic mass is 79.9. The van der Waals surface area contributed by atoms with E-state index in [2.05, 4.69) is 36.8 Å². The number of carbonyl (C=O) groups is 2. The van der Waals surface area contributed by atoms with Gasteiger partial charge in [0.15, 0.2) is 11.0 Å². The molecular formula is C23H26BrN5O2S. The lowest BCUT2D eigenvalue weighted by Gasteiger charge is -2.15. The molecule has 1 heterocycles. The molecule has 0 fully saturated rings. The van der Waals surface area contributed by atoms with Gasteiger partial charge in [-0.1, -0.05) is 45.9 Å². The molecule has 3 aromatic rings. The highest BCUT2D eigenvalue weighted by Gasteiger charge is 2.20. The van der Waals surface area contributed by atoms with Crippen LogP contribution in [0.25, 0.3) is 0 Å². The lowest BCUT2D eigenvalue weighted by Crippen LogP contribution is -2.28. The zero-order chi connectivity index (χ0) is 23.3. The standard InChI is InChI=1S/C23H26BrN5O2S/c1-5-29-21(16(4)25-22(31)17-9-7-6-8-10-17)27-28-23(29)32-13-19(30)26-20-14(2)11-18(24)12-15(20)3/h6-12,16H,5,13H2,1-4H3,(H,25,31)(H,26,30)/t16-/m1/s1. The van der Waals surface area contributed by atoms with Crippen molar-refractivity contribution >= 4 is 45.2 Å². The number of aryl methyl sites for hydroxylation is 2. The molecule has 168 valence electrons. The number of amides is 2. The minimum absolute atomic E-state index is 0.110. The quantitative estimate of drug-likeness (QED) is 0.416. The van der Waals surface area contributed by atoms with Crippen LogP contribution < -0.4 is 10.6 Å². The van der Waals surface area contributed by atoms with Crippen molar-refractivity contribution in [1.29, 1.82) is 0 Å². The van der Waals surface area contributed by atoms with Crippen LogP contribution >= 0.6 is 27.7 Å². The minimum atomic E-state index is -0.327. The number of hydrogen-bond donors (Lipinski definition) is 2. The molecule has 2 aromatic carbocycles. The van der Waals surface area contributed by atoms with Crippen LogP contribution in [0, 0.1) is 13.8 Å². The van der Waals surface area contributed by atoms with Gasteiger partial charge < -0.3 is 15.2 Å². The molecule has 0 bridgehead atoms. The number of rotatable bonds is 8. The summed E-state index contributed by atoms with van der Waals surface area (Å²) in [5.74, 6) is 0.579. The molecule has 2 N–H and O–H groups in total. The molecule has 1 atom stereocenters. The van der Waals surface area contributed by atoms with Crippen LogP contribution in [0.15, 0.2) is 52.1 Å². The van der Waals surface area contributed by atoms with Crippen LogP contribution in [0.1, 0.15) is 47.2 Å². The number of hydrogen-bond acceptors (Lipinski definition) is 5. The monoisotopic (exact) mass is 515 g/mol. The zero-order valence-corrected chi connectivity index (χ0v) is 20.9. The molecule has 9 heteroatoms. The number of anilines is 1. The normalized spacial score (nSPS) is 11.8. The third-order valence-corrected chi connectivity index (χ3v) is 6.35. The van der Waals surface area contributed by atoms with Gasteiger partial charge in [0.1, 0.15) is 0 Å². The molecule has 32 heavy (non-hydrogen) atoms. The maximum Gasteiger partial charge on any atom is 0.251 e. The summed E-state index contributed by atoms with van der Waals surface area (Å²) in [4.78, 5) is 25.0. The van der Waals surface area contributed by atoms with Crippen LogP contribution in [0.5, 0.6) is 0 Å². The number of nitrogens with zero attached hydrogens (tertiary/aromatic N) is 3. The maximum absolute atomic E-state index is 12.6. The molecule has 0 unspecified atom stereocenters. The molecule has 7 nitrogen and oxygen atoms in total. The molecular weight excluding hydrogens is 490 g/mol. The highest BCUT2D eigenvalue weighted by Crippen LogP contribution is 2.26. The predicted molar refractivity (Wildman–Crippen MR) is 131 cm³/mol. The van der Waals surface area contributed by atoms with E-state index >= 15 is 0 Å². The summed E-state index contributed by atoms with van der Waals surface area (Å²) < 4.78 is 2.90.